The molecule has 2 unspecified atom stereocenters. The summed E-state index contributed by atoms with van der Waals surface area (Å²) in [5.74, 6) is 7.14. The van der Waals surface area contributed by atoms with Gasteiger partial charge in [-0.3, -0.25) is 4.79 Å². The Morgan fingerprint density at radius 2 is 2.15 bits per heavy atom. The Hall–Kier alpha value is -2.71. The summed E-state index contributed by atoms with van der Waals surface area (Å²) < 4.78 is 2.42. The largest absolute Gasteiger partial charge is 0.389 e. The molecule has 34 heavy (non-hydrogen) atoms. The fourth-order valence-electron chi connectivity index (χ4n) is 5.16. The minimum atomic E-state index is -1.16. The molecular weight excluding hydrogens is 476 g/mol. The Morgan fingerprint density at radius 1 is 1.32 bits per heavy atom. The number of amides is 1. The first-order valence-electron chi connectivity index (χ1n) is 11.3. The average molecular weight is 499 g/mol. The van der Waals surface area contributed by atoms with Crippen LogP contribution in [0.25, 0.3) is 11.2 Å². The predicted octanol–water partition coefficient (Wildman–Crippen LogP) is 1.79. The van der Waals surface area contributed by atoms with E-state index in [0.29, 0.717) is 39.5 Å². The summed E-state index contributed by atoms with van der Waals surface area (Å²) in [6.07, 6.45) is 2.22. The van der Waals surface area contributed by atoms with E-state index in [4.69, 9.17) is 11.6 Å². The molecule has 0 radical (unpaired) electrons. The van der Waals surface area contributed by atoms with Gasteiger partial charge in [0.2, 0.25) is 11.7 Å². The van der Waals surface area contributed by atoms with Crippen molar-refractivity contribution in [2.24, 2.45) is 17.3 Å². The number of hydrogen-bond donors (Lipinski definition) is 4. The molecule has 3 saturated carbocycles. The summed E-state index contributed by atoms with van der Waals surface area (Å²) in [5, 5.41) is 27.7. The number of carbonyl (C=O) groups is 1. The number of carbonyl (C=O) groups excluding carboxylic acids is 1. The lowest BCUT2D eigenvalue weighted by Gasteiger charge is -2.23. The number of aromatic nitrogens is 4. The molecule has 9 nitrogen and oxygen atoms in total. The maximum atomic E-state index is 12.5. The molecule has 0 aliphatic heterocycles. The first kappa shape index (κ1) is 21.8. The Morgan fingerprint density at radius 3 is 2.85 bits per heavy atom. The Bertz CT molecular complexity index is 1360. The number of hydrogen-bond acceptors (Lipinski definition) is 8. The number of anilines is 1. The standard InChI is InChI=1S/C23H23ClN6O3S/c1-25-22(33)23-8-13(23)17(18(31)19(23)32)30-10-27-16-20(26-9-11-2-3-11)28-15(29-21(16)30)7-5-12-4-6-14(24)34-12/h4,6,10-11,13,17-19,31-32H,2-3,8-9H2,1H3,(H,25,33)(H,26,28,29)/t13?,17-,18+,19+,23?/m1/s1. The smallest absolute Gasteiger partial charge is 0.229 e. The molecule has 0 bridgehead atoms. The van der Waals surface area contributed by atoms with Crippen molar-refractivity contribution in [2.45, 2.75) is 37.5 Å². The molecule has 4 N–H and O–H groups in total. The van der Waals surface area contributed by atoms with Gasteiger partial charge in [0.25, 0.3) is 0 Å². The second-order valence-electron chi connectivity index (χ2n) is 9.25. The van der Waals surface area contributed by atoms with Gasteiger partial charge in [0.15, 0.2) is 17.0 Å². The normalized spacial score (nSPS) is 29.4. The second-order valence-corrected chi connectivity index (χ2v) is 11.0. The van der Waals surface area contributed by atoms with E-state index in [1.807, 2.05) is 6.07 Å². The van der Waals surface area contributed by atoms with E-state index in [2.05, 4.69) is 37.4 Å². The number of fused-ring (bicyclic) bond motifs is 2. The van der Waals surface area contributed by atoms with Crippen LogP contribution in [0.1, 0.15) is 36.0 Å². The minimum Gasteiger partial charge on any atom is -0.389 e. The average Bonchev–Trinajstić information content (AvgIpc) is 3.70. The van der Waals surface area contributed by atoms with Crippen molar-refractivity contribution < 1.29 is 15.0 Å². The third kappa shape index (κ3) is 3.38. The molecule has 5 atom stereocenters. The summed E-state index contributed by atoms with van der Waals surface area (Å²) in [6, 6.07) is 3.11. The Balaban J connectivity index is 1.41. The van der Waals surface area contributed by atoms with Gasteiger partial charge in [0.1, 0.15) is 6.10 Å². The molecular formula is C23H23ClN6O3S. The van der Waals surface area contributed by atoms with Crippen molar-refractivity contribution in [3.05, 3.63) is 33.5 Å². The van der Waals surface area contributed by atoms with Gasteiger partial charge >= 0.3 is 0 Å². The van der Waals surface area contributed by atoms with E-state index in [-0.39, 0.29) is 11.8 Å². The van der Waals surface area contributed by atoms with Gasteiger partial charge in [-0.05, 0) is 49.2 Å². The predicted molar refractivity (Wildman–Crippen MR) is 128 cm³/mol. The van der Waals surface area contributed by atoms with Crippen molar-refractivity contribution in [3.63, 3.8) is 0 Å². The summed E-state index contributed by atoms with van der Waals surface area (Å²) in [6.45, 7) is 0.791. The fourth-order valence-corrected chi connectivity index (χ4v) is 6.06. The van der Waals surface area contributed by atoms with E-state index in [1.165, 1.54) is 24.2 Å². The highest BCUT2D eigenvalue weighted by Gasteiger charge is 2.75. The van der Waals surface area contributed by atoms with Crippen molar-refractivity contribution >= 4 is 45.8 Å². The van der Waals surface area contributed by atoms with E-state index in [9.17, 15) is 15.0 Å². The summed E-state index contributed by atoms with van der Waals surface area (Å²) >= 11 is 7.39. The summed E-state index contributed by atoms with van der Waals surface area (Å²) in [4.78, 5) is 27.1. The van der Waals surface area contributed by atoms with Crippen LogP contribution >= 0.6 is 22.9 Å². The van der Waals surface area contributed by atoms with E-state index < -0.39 is 23.7 Å². The third-order valence-corrected chi connectivity index (χ3v) is 8.34. The molecule has 176 valence electrons. The quantitative estimate of drug-likeness (QED) is 0.395. The highest BCUT2D eigenvalue weighted by atomic mass is 35.5. The van der Waals surface area contributed by atoms with Crippen molar-refractivity contribution in [1.29, 1.82) is 0 Å². The van der Waals surface area contributed by atoms with Crippen LogP contribution < -0.4 is 10.6 Å². The Kier molecular flexibility index (Phi) is 5.08. The van der Waals surface area contributed by atoms with E-state index in [1.54, 1.807) is 24.0 Å². The second kappa shape index (κ2) is 7.92. The van der Waals surface area contributed by atoms with Crippen LogP contribution in [0.4, 0.5) is 5.82 Å². The first-order chi connectivity index (χ1) is 16.4. The zero-order valence-electron chi connectivity index (χ0n) is 18.3. The number of halogens is 1. The molecule has 0 saturated heterocycles. The third-order valence-electron chi connectivity index (χ3n) is 7.19. The number of nitrogens with zero attached hydrogens (tertiary/aromatic N) is 4. The number of thiophene rings is 1. The highest BCUT2D eigenvalue weighted by molar-refractivity contribution is 7.16. The monoisotopic (exact) mass is 498 g/mol. The topological polar surface area (TPSA) is 125 Å². The summed E-state index contributed by atoms with van der Waals surface area (Å²) in [7, 11) is 1.54. The van der Waals surface area contributed by atoms with Crippen LogP contribution in [0.3, 0.4) is 0 Å². The van der Waals surface area contributed by atoms with Crippen LogP contribution in [0.15, 0.2) is 18.5 Å². The number of nitrogens with one attached hydrogen (secondary N) is 2. The van der Waals surface area contributed by atoms with Crippen molar-refractivity contribution in [1.82, 2.24) is 24.8 Å². The maximum absolute atomic E-state index is 12.5. The van der Waals surface area contributed by atoms with Crippen LogP contribution in [0.2, 0.25) is 4.34 Å². The molecule has 6 rings (SSSR count). The van der Waals surface area contributed by atoms with Crippen LogP contribution in [0, 0.1) is 29.1 Å². The van der Waals surface area contributed by atoms with Crippen molar-refractivity contribution in [3.8, 4) is 11.8 Å². The van der Waals surface area contributed by atoms with Gasteiger partial charge in [-0.25, -0.2) is 15.0 Å². The number of aliphatic hydroxyl groups is 2. The summed E-state index contributed by atoms with van der Waals surface area (Å²) in [5.41, 5.74) is 0.110. The van der Waals surface area contributed by atoms with Gasteiger partial charge in [0, 0.05) is 19.5 Å². The van der Waals surface area contributed by atoms with Gasteiger partial charge in [-0.15, -0.1) is 11.3 Å². The lowest BCUT2D eigenvalue weighted by atomic mass is 9.98. The zero-order chi connectivity index (χ0) is 23.6. The SMILES string of the molecule is CNC(=O)C12CC1[C@@H](n1cnc3c(NCC4CC4)nc(C#Cc4ccc(Cl)s4)nc31)[C@H](O)[C@@H]2O. The van der Waals surface area contributed by atoms with Gasteiger partial charge in [-0.2, -0.15) is 0 Å². The molecule has 11 heteroatoms. The minimum absolute atomic E-state index is 0.213. The molecule has 1 amide bonds. The lowest BCUT2D eigenvalue weighted by Crippen LogP contribution is -2.41. The highest BCUT2D eigenvalue weighted by Crippen LogP contribution is 2.67. The number of rotatable bonds is 5. The fraction of sp³-hybridized carbons (Fsp3) is 0.478. The molecule has 0 spiro atoms. The molecule has 3 heterocycles. The Labute approximate surface area is 204 Å². The van der Waals surface area contributed by atoms with Gasteiger partial charge in [0.05, 0.1) is 33.1 Å². The first-order valence-corrected chi connectivity index (χ1v) is 12.5. The molecule has 3 aromatic heterocycles. The maximum Gasteiger partial charge on any atom is 0.229 e. The number of imidazole rings is 1. The molecule has 0 aromatic carbocycles. The van der Waals surface area contributed by atoms with Crippen LogP contribution in [-0.2, 0) is 4.79 Å². The van der Waals surface area contributed by atoms with Crippen LogP contribution in [0.5, 0.6) is 0 Å². The molecule has 3 aliphatic rings. The van der Waals surface area contributed by atoms with Crippen LogP contribution in [-0.4, -0.2) is 61.4 Å². The molecule has 3 aromatic rings. The van der Waals surface area contributed by atoms with Gasteiger partial charge < -0.3 is 25.4 Å². The number of aliphatic hydroxyl groups excluding tert-OH is 2. The van der Waals surface area contributed by atoms with E-state index >= 15 is 0 Å². The van der Waals surface area contributed by atoms with Gasteiger partial charge in [-0.1, -0.05) is 11.6 Å². The van der Waals surface area contributed by atoms with Crippen molar-refractivity contribution in [2.75, 3.05) is 18.9 Å². The lowest BCUT2D eigenvalue weighted by molar-refractivity contribution is -0.132. The zero-order valence-corrected chi connectivity index (χ0v) is 19.9. The van der Waals surface area contributed by atoms with E-state index in [0.717, 1.165) is 11.4 Å². The molecule has 3 aliphatic carbocycles. The molecule has 3 fully saturated rings.